The van der Waals surface area contributed by atoms with Gasteiger partial charge in [-0.25, -0.2) is 0 Å². The van der Waals surface area contributed by atoms with E-state index in [9.17, 15) is 4.79 Å². The molecule has 0 saturated carbocycles. The van der Waals surface area contributed by atoms with Crippen LogP contribution in [0.4, 0.5) is 0 Å². The molecule has 0 aliphatic carbocycles. The van der Waals surface area contributed by atoms with E-state index in [1.807, 2.05) is 36.4 Å². The molecule has 0 spiro atoms. The van der Waals surface area contributed by atoms with Gasteiger partial charge in [-0.2, -0.15) is 0 Å². The molecule has 2 aliphatic rings. The monoisotopic (exact) mass is 798 g/mol. The number of Topliss-reactive ketones (excluding diaryl/α,β-unsaturated/α-hetero) is 1. The van der Waals surface area contributed by atoms with E-state index in [-0.39, 0.29) is 46.4 Å². The van der Waals surface area contributed by atoms with Gasteiger partial charge in [-0.15, -0.1) is 0 Å². The highest BCUT2D eigenvalue weighted by atomic mass is 28.4. The summed E-state index contributed by atoms with van der Waals surface area (Å²) in [6.45, 7) is 29.0. The second kappa shape index (κ2) is 18.9. The fourth-order valence-corrected chi connectivity index (χ4v) is 9.67. The predicted molar refractivity (Wildman–Crippen MR) is 226 cm³/mol. The Hall–Kier alpha value is -1.74. The van der Waals surface area contributed by atoms with Crippen molar-refractivity contribution in [3.8, 4) is 0 Å². The van der Waals surface area contributed by atoms with E-state index in [1.54, 1.807) is 7.11 Å². The van der Waals surface area contributed by atoms with Crippen molar-refractivity contribution in [2.75, 3.05) is 20.3 Å². The fraction of sp³-hybridized carbons (Fsp3) is 0.711. The molecular weight excluding hydrogens is 725 g/mol. The summed E-state index contributed by atoms with van der Waals surface area (Å²) in [6, 6.07) is 20.6. The molecule has 10 heteroatoms. The molecule has 6 atom stereocenters. The van der Waals surface area contributed by atoms with E-state index < -0.39 is 27.8 Å². The van der Waals surface area contributed by atoms with E-state index in [4.69, 9.17) is 32.5 Å². The molecule has 55 heavy (non-hydrogen) atoms. The highest BCUT2D eigenvalue weighted by Gasteiger charge is 2.58. The molecule has 0 radical (unpaired) electrons. The largest absolute Gasteiger partial charge is 0.414 e. The first kappa shape index (κ1) is 46.0. The van der Waals surface area contributed by atoms with Crippen molar-refractivity contribution in [3.63, 3.8) is 0 Å². The summed E-state index contributed by atoms with van der Waals surface area (Å²) in [5, 5.41) is 0.105. The maximum Gasteiger partial charge on any atom is 0.192 e. The van der Waals surface area contributed by atoms with E-state index in [2.05, 4.69) is 106 Å². The van der Waals surface area contributed by atoms with Crippen molar-refractivity contribution >= 4 is 22.4 Å². The predicted octanol–water partition coefficient (Wildman–Crippen LogP) is 10.6. The molecule has 2 aliphatic heterocycles. The first-order valence-electron chi connectivity index (χ1n) is 20.6. The molecule has 2 aromatic rings. The topological polar surface area (TPSA) is 81.7 Å². The summed E-state index contributed by atoms with van der Waals surface area (Å²) in [5.74, 6) is -0.901. The number of hydrogen-bond donors (Lipinski definition) is 0. The minimum Gasteiger partial charge on any atom is -0.414 e. The molecular formula is C45H74O8Si2. The number of hydrogen-bond acceptors (Lipinski definition) is 8. The van der Waals surface area contributed by atoms with E-state index >= 15 is 0 Å². The standard InChI is InChI=1S/C45H74O8Si2/c1-42(2,3)54(10,11)50-33-40-27-36(46)26-39(51-40)30-45(47-9)44(7,8)41(49-32-35-22-18-15-19-23-35)29-38(52-45)28-37(53-55(12,13)43(4,5)6)24-25-48-31-34-20-16-14-17-21-34/h14-23,37-41H,24-33H2,1-13H3/t37-,38+,39-,40+,41-,45-/m0/s1. The zero-order chi connectivity index (χ0) is 40.7. The third kappa shape index (κ3) is 12.4. The highest BCUT2D eigenvalue weighted by molar-refractivity contribution is 6.74. The van der Waals surface area contributed by atoms with Crippen LogP contribution < -0.4 is 0 Å². The normalized spacial score (nSPS) is 25.9. The molecule has 0 N–H and O–H groups in total. The molecule has 4 rings (SSSR count). The second-order valence-corrected chi connectivity index (χ2v) is 29.2. The lowest BCUT2D eigenvalue weighted by atomic mass is 9.70. The summed E-state index contributed by atoms with van der Waals surface area (Å²) in [6.07, 6.45) is 1.96. The summed E-state index contributed by atoms with van der Waals surface area (Å²) in [4.78, 5) is 13.3. The van der Waals surface area contributed by atoms with Crippen LogP contribution in [0.3, 0.4) is 0 Å². The van der Waals surface area contributed by atoms with Crippen molar-refractivity contribution in [1.29, 1.82) is 0 Å². The number of carbonyl (C=O) groups is 1. The van der Waals surface area contributed by atoms with Gasteiger partial charge in [-0.1, -0.05) is 116 Å². The van der Waals surface area contributed by atoms with Crippen LogP contribution in [0.2, 0.25) is 36.3 Å². The summed E-state index contributed by atoms with van der Waals surface area (Å²) < 4.78 is 47.3. The minimum absolute atomic E-state index is 0.0405. The first-order chi connectivity index (χ1) is 25.6. The molecule has 2 saturated heterocycles. The van der Waals surface area contributed by atoms with Gasteiger partial charge in [0.2, 0.25) is 0 Å². The van der Waals surface area contributed by atoms with Crippen molar-refractivity contribution in [1.82, 2.24) is 0 Å². The van der Waals surface area contributed by atoms with Gasteiger partial charge >= 0.3 is 0 Å². The lowest BCUT2D eigenvalue weighted by Gasteiger charge is -2.56. The average molecular weight is 799 g/mol. The summed E-state index contributed by atoms with van der Waals surface area (Å²) in [5.41, 5.74) is 1.69. The summed E-state index contributed by atoms with van der Waals surface area (Å²) in [7, 11) is -2.45. The van der Waals surface area contributed by atoms with Crippen molar-refractivity contribution < 1.29 is 37.3 Å². The van der Waals surface area contributed by atoms with Crippen molar-refractivity contribution in [2.24, 2.45) is 5.41 Å². The average Bonchev–Trinajstić information content (AvgIpc) is 3.09. The minimum atomic E-state index is -2.15. The Kier molecular flexibility index (Phi) is 15.8. The van der Waals surface area contributed by atoms with Gasteiger partial charge in [0.15, 0.2) is 22.4 Å². The van der Waals surface area contributed by atoms with Crippen LogP contribution in [0.25, 0.3) is 0 Å². The van der Waals surface area contributed by atoms with Crippen molar-refractivity contribution in [3.05, 3.63) is 71.8 Å². The number of benzene rings is 2. The van der Waals surface area contributed by atoms with Gasteiger partial charge < -0.3 is 32.5 Å². The number of methoxy groups -OCH3 is 1. The summed E-state index contributed by atoms with van der Waals surface area (Å²) >= 11 is 0. The van der Waals surface area contributed by atoms with Crippen LogP contribution in [-0.2, 0) is 50.5 Å². The van der Waals surface area contributed by atoms with Crippen molar-refractivity contribution in [2.45, 2.75) is 180 Å². The Morgan fingerprint density at radius 2 is 1.36 bits per heavy atom. The zero-order valence-corrected chi connectivity index (χ0v) is 38.5. The number of carbonyl (C=O) groups excluding carboxylic acids is 1. The lowest BCUT2D eigenvalue weighted by molar-refractivity contribution is -0.363. The Morgan fingerprint density at radius 3 is 1.93 bits per heavy atom. The van der Waals surface area contributed by atoms with Crippen LogP contribution in [0.5, 0.6) is 0 Å². The van der Waals surface area contributed by atoms with Gasteiger partial charge in [0.25, 0.3) is 0 Å². The third-order valence-corrected chi connectivity index (χ3v) is 22.0. The molecule has 8 nitrogen and oxygen atoms in total. The van der Waals surface area contributed by atoms with Crippen LogP contribution in [0.15, 0.2) is 60.7 Å². The molecule has 310 valence electrons. The van der Waals surface area contributed by atoms with Gasteiger partial charge in [-0.3, -0.25) is 4.79 Å². The highest BCUT2D eigenvalue weighted by Crippen LogP contribution is 2.51. The Bertz CT molecular complexity index is 1470. The molecule has 2 aromatic carbocycles. The molecule has 0 aromatic heterocycles. The van der Waals surface area contributed by atoms with Crippen LogP contribution in [0.1, 0.15) is 105 Å². The van der Waals surface area contributed by atoms with Gasteiger partial charge in [0.1, 0.15) is 5.78 Å². The molecule has 0 bridgehead atoms. The van der Waals surface area contributed by atoms with E-state index in [0.29, 0.717) is 58.5 Å². The number of ketones is 1. The fourth-order valence-electron chi connectivity index (χ4n) is 7.23. The molecule has 0 unspecified atom stereocenters. The quantitative estimate of drug-likeness (QED) is 0.109. The Labute approximate surface area is 335 Å². The van der Waals surface area contributed by atoms with E-state index in [0.717, 1.165) is 17.5 Å². The zero-order valence-electron chi connectivity index (χ0n) is 36.5. The Balaban J connectivity index is 1.59. The Morgan fingerprint density at radius 1 is 0.800 bits per heavy atom. The van der Waals surface area contributed by atoms with Gasteiger partial charge in [0, 0.05) is 50.9 Å². The SMILES string of the molecule is CO[C@@]1(C[C@@H]2CC(=O)C[C@H](CO[Si](C)(C)C(C)(C)C)O2)O[C@H](C[C@H](CCOCc2ccccc2)O[Si](C)(C)C(C)(C)C)C[C@H](OCc2ccccc2)C1(C)C. The van der Waals surface area contributed by atoms with Crippen LogP contribution in [0, 0.1) is 5.41 Å². The smallest absolute Gasteiger partial charge is 0.192 e. The van der Waals surface area contributed by atoms with Crippen LogP contribution in [-0.4, -0.2) is 79.0 Å². The third-order valence-electron chi connectivity index (χ3n) is 13.0. The second-order valence-electron chi connectivity index (χ2n) is 19.6. The number of rotatable bonds is 18. The van der Waals surface area contributed by atoms with E-state index in [1.165, 1.54) is 0 Å². The maximum atomic E-state index is 13.3. The lowest BCUT2D eigenvalue weighted by Crippen LogP contribution is -2.63. The molecule has 2 fully saturated rings. The van der Waals surface area contributed by atoms with Gasteiger partial charge in [-0.05, 0) is 60.2 Å². The molecule has 0 amide bonds. The van der Waals surface area contributed by atoms with Crippen LogP contribution >= 0.6 is 0 Å². The maximum absolute atomic E-state index is 13.3. The first-order valence-corrected chi connectivity index (χ1v) is 26.4. The van der Waals surface area contributed by atoms with Gasteiger partial charge in [0.05, 0.1) is 44.2 Å². The number of ether oxygens (including phenoxy) is 5. The molecule has 2 heterocycles.